The third-order valence-electron chi connectivity index (χ3n) is 5.56. The predicted octanol–water partition coefficient (Wildman–Crippen LogP) is 2.13. The van der Waals surface area contributed by atoms with Crippen LogP contribution < -0.4 is 4.90 Å². The molecule has 27 heavy (non-hydrogen) atoms. The van der Waals surface area contributed by atoms with Crippen LogP contribution in [0.5, 0.6) is 0 Å². The van der Waals surface area contributed by atoms with E-state index in [0.717, 1.165) is 56.6 Å². The molecule has 0 N–H and O–H groups in total. The highest BCUT2D eigenvalue weighted by molar-refractivity contribution is 5.78. The van der Waals surface area contributed by atoms with Gasteiger partial charge < -0.3 is 9.80 Å². The zero-order chi connectivity index (χ0) is 18.6. The van der Waals surface area contributed by atoms with E-state index in [1.807, 2.05) is 11.0 Å². The van der Waals surface area contributed by atoms with Gasteiger partial charge in [-0.3, -0.25) is 9.69 Å². The third kappa shape index (κ3) is 4.27. The number of rotatable bonds is 4. The number of hydrogen-bond donors (Lipinski definition) is 0. The summed E-state index contributed by atoms with van der Waals surface area (Å²) < 4.78 is 0. The number of carbonyl (C=O) groups is 1. The molecule has 1 atom stereocenters. The quantitative estimate of drug-likeness (QED) is 0.831. The molecule has 0 radical (unpaired) electrons. The highest BCUT2D eigenvalue weighted by Crippen LogP contribution is 2.22. The summed E-state index contributed by atoms with van der Waals surface area (Å²) in [5.41, 5.74) is 2.21. The van der Waals surface area contributed by atoms with Crippen molar-refractivity contribution in [2.24, 2.45) is 5.92 Å². The van der Waals surface area contributed by atoms with Crippen LogP contribution in [0.3, 0.4) is 0 Å². The van der Waals surface area contributed by atoms with Gasteiger partial charge in [-0.05, 0) is 49.2 Å². The summed E-state index contributed by atoms with van der Waals surface area (Å²) in [7, 11) is 0. The molecule has 1 aromatic heterocycles. The van der Waals surface area contributed by atoms with Crippen molar-refractivity contribution >= 4 is 11.6 Å². The summed E-state index contributed by atoms with van der Waals surface area (Å²) in [5.74, 6) is 1.75. The summed E-state index contributed by atoms with van der Waals surface area (Å²) in [4.78, 5) is 27.8. The van der Waals surface area contributed by atoms with Crippen LogP contribution in [0.15, 0.2) is 42.7 Å². The highest BCUT2D eigenvalue weighted by atomic mass is 16.2. The van der Waals surface area contributed by atoms with Crippen molar-refractivity contribution in [3.63, 3.8) is 0 Å². The monoisotopic (exact) mass is 365 g/mol. The van der Waals surface area contributed by atoms with Gasteiger partial charge in [-0.25, -0.2) is 9.97 Å². The standard InChI is InChI=1S/C21H27N5O/c1-17-7-10-24(15-17)16-20(27)26-13-11-25(12-14-26)19-5-3-18(4-6-19)21-22-8-2-9-23-21/h2-6,8-9,17H,7,10-16H2,1H3. The first-order valence-corrected chi connectivity index (χ1v) is 9.81. The van der Waals surface area contributed by atoms with E-state index in [2.05, 4.69) is 51.0 Å². The van der Waals surface area contributed by atoms with Gasteiger partial charge in [0.05, 0.1) is 6.54 Å². The minimum atomic E-state index is 0.278. The number of hydrogen-bond acceptors (Lipinski definition) is 5. The number of nitrogens with zero attached hydrogens (tertiary/aromatic N) is 5. The molecule has 1 unspecified atom stereocenters. The van der Waals surface area contributed by atoms with Gasteiger partial charge >= 0.3 is 0 Å². The van der Waals surface area contributed by atoms with Crippen LogP contribution in [-0.4, -0.2) is 71.5 Å². The molecular weight excluding hydrogens is 338 g/mol. The Morgan fingerprint density at radius 1 is 1.04 bits per heavy atom. The second-order valence-corrected chi connectivity index (χ2v) is 7.62. The SMILES string of the molecule is CC1CCN(CC(=O)N2CCN(c3ccc(-c4ncccn4)cc3)CC2)C1. The zero-order valence-electron chi connectivity index (χ0n) is 15.9. The fourth-order valence-corrected chi connectivity index (χ4v) is 3.94. The molecule has 0 aliphatic carbocycles. The van der Waals surface area contributed by atoms with E-state index in [-0.39, 0.29) is 5.91 Å². The number of piperazine rings is 1. The molecule has 2 saturated heterocycles. The molecule has 1 aromatic carbocycles. The molecule has 6 nitrogen and oxygen atoms in total. The largest absolute Gasteiger partial charge is 0.368 e. The Labute approximate surface area is 160 Å². The molecule has 0 bridgehead atoms. The lowest BCUT2D eigenvalue weighted by molar-refractivity contribution is -0.132. The van der Waals surface area contributed by atoms with Gasteiger partial charge in [0.25, 0.3) is 0 Å². The Hall–Kier alpha value is -2.47. The molecule has 1 amide bonds. The predicted molar refractivity (Wildman–Crippen MR) is 106 cm³/mol. The molecule has 3 heterocycles. The van der Waals surface area contributed by atoms with Crippen LogP contribution in [0, 0.1) is 5.92 Å². The van der Waals surface area contributed by atoms with Gasteiger partial charge in [-0.1, -0.05) is 6.92 Å². The number of aromatic nitrogens is 2. The number of amides is 1. The number of benzene rings is 1. The van der Waals surface area contributed by atoms with Crippen LogP contribution >= 0.6 is 0 Å². The fourth-order valence-electron chi connectivity index (χ4n) is 3.94. The zero-order valence-corrected chi connectivity index (χ0v) is 15.9. The molecule has 0 saturated carbocycles. The normalized spacial score (nSPS) is 20.9. The number of carbonyl (C=O) groups excluding carboxylic acids is 1. The van der Waals surface area contributed by atoms with Crippen LogP contribution in [-0.2, 0) is 4.79 Å². The van der Waals surface area contributed by atoms with E-state index >= 15 is 0 Å². The molecule has 4 rings (SSSR count). The first kappa shape index (κ1) is 17.9. The van der Waals surface area contributed by atoms with Crippen LogP contribution in [0.1, 0.15) is 13.3 Å². The van der Waals surface area contributed by atoms with Crippen molar-refractivity contribution in [2.75, 3.05) is 50.7 Å². The van der Waals surface area contributed by atoms with Gasteiger partial charge in [0, 0.05) is 56.4 Å². The lowest BCUT2D eigenvalue weighted by atomic mass is 10.1. The molecule has 2 aliphatic rings. The average Bonchev–Trinajstić information content (AvgIpc) is 3.13. The lowest BCUT2D eigenvalue weighted by Crippen LogP contribution is -2.51. The Bertz CT molecular complexity index is 756. The molecule has 142 valence electrons. The summed E-state index contributed by atoms with van der Waals surface area (Å²) >= 11 is 0. The minimum Gasteiger partial charge on any atom is -0.368 e. The van der Waals surface area contributed by atoms with Crippen LogP contribution in [0.25, 0.3) is 11.4 Å². The van der Waals surface area contributed by atoms with E-state index < -0.39 is 0 Å². The molecule has 6 heteroatoms. The average molecular weight is 365 g/mol. The van der Waals surface area contributed by atoms with Crippen molar-refractivity contribution in [2.45, 2.75) is 13.3 Å². The van der Waals surface area contributed by atoms with E-state index in [9.17, 15) is 4.79 Å². The smallest absolute Gasteiger partial charge is 0.236 e. The van der Waals surface area contributed by atoms with Gasteiger partial charge in [-0.15, -0.1) is 0 Å². The van der Waals surface area contributed by atoms with Crippen molar-refractivity contribution in [3.8, 4) is 11.4 Å². The Balaban J connectivity index is 1.30. The van der Waals surface area contributed by atoms with Crippen LogP contribution in [0.2, 0.25) is 0 Å². The minimum absolute atomic E-state index is 0.278. The van der Waals surface area contributed by atoms with Crippen molar-refractivity contribution < 1.29 is 4.79 Å². The van der Waals surface area contributed by atoms with Crippen molar-refractivity contribution in [1.82, 2.24) is 19.8 Å². The first-order valence-electron chi connectivity index (χ1n) is 9.81. The maximum Gasteiger partial charge on any atom is 0.236 e. The Morgan fingerprint density at radius 2 is 1.74 bits per heavy atom. The van der Waals surface area contributed by atoms with Gasteiger partial charge in [0.15, 0.2) is 5.82 Å². The summed E-state index contributed by atoms with van der Waals surface area (Å²) in [6.45, 7) is 8.31. The van der Waals surface area contributed by atoms with Gasteiger partial charge in [0.1, 0.15) is 0 Å². The van der Waals surface area contributed by atoms with Crippen molar-refractivity contribution in [3.05, 3.63) is 42.7 Å². The first-order chi connectivity index (χ1) is 13.2. The molecular formula is C21H27N5O. The van der Waals surface area contributed by atoms with Gasteiger partial charge in [0.2, 0.25) is 5.91 Å². The van der Waals surface area contributed by atoms with Crippen molar-refractivity contribution in [1.29, 1.82) is 0 Å². The summed E-state index contributed by atoms with van der Waals surface area (Å²) in [6.07, 6.45) is 4.73. The second-order valence-electron chi connectivity index (χ2n) is 7.62. The van der Waals surface area contributed by atoms with Gasteiger partial charge in [-0.2, -0.15) is 0 Å². The maximum absolute atomic E-state index is 12.6. The van der Waals surface area contributed by atoms with E-state index in [1.54, 1.807) is 12.4 Å². The van der Waals surface area contributed by atoms with E-state index in [4.69, 9.17) is 0 Å². The highest BCUT2D eigenvalue weighted by Gasteiger charge is 2.25. The molecule has 0 spiro atoms. The number of anilines is 1. The molecule has 2 aliphatic heterocycles. The summed E-state index contributed by atoms with van der Waals surface area (Å²) in [6, 6.07) is 10.2. The second kappa shape index (κ2) is 8.05. The summed E-state index contributed by atoms with van der Waals surface area (Å²) in [5, 5.41) is 0. The lowest BCUT2D eigenvalue weighted by Gasteiger charge is -2.36. The Kier molecular flexibility index (Phi) is 5.34. The maximum atomic E-state index is 12.6. The molecule has 2 fully saturated rings. The van der Waals surface area contributed by atoms with E-state index in [1.165, 1.54) is 12.1 Å². The van der Waals surface area contributed by atoms with Crippen LogP contribution in [0.4, 0.5) is 5.69 Å². The molecule has 2 aromatic rings. The Morgan fingerprint density at radius 3 is 2.37 bits per heavy atom. The number of likely N-dealkylation sites (tertiary alicyclic amines) is 1. The van der Waals surface area contributed by atoms with E-state index in [0.29, 0.717) is 6.54 Å². The third-order valence-corrected chi connectivity index (χ3v) is 5.56. The fraction of sp³-hybridized carbons (Fsp3) is 0.476. The topological polar surface area (TPSA) is 52.6 Å².